The molecule has 1 saturated heterocycles. The van der Waals surface area contributed by atoms with Crippen LogP contribution in [0.1, 0.15) is 50.9 Å². The molecule has 3 aromatic heterocycles. The number of nitrogens with one attached hydrogen (secondary N) is 1. The Morgan fingerprint density at radius 3 is 2.47 bits per heavy atom. The molecule has 1 aliphatic rings. The van der Waals surface area contributed by atoms with Crippen molar-refractivity contribution in [2.75, 3.05) is 28.8 Å². The Kier molecular flexibility index (Phi) is 8.11. The molecule has 0 spiro atoms. The summed E-state index contributed by atoms with van der Waals surface area (Å²) in [6, 6.07) is 5.86. The van der Waals surface area contributed by atoms with Gasteiger partial charge < -0.3 is 16.0 Å². The van der Waals surface area contributed by atoms with Gasteiger partial charge in [-0.05, 0) is 48.4 Å². The lowest BCUT2D eigenvalue weighted by atomic mass is 9.92. The molecule has 0 amide bonds. The Bertz CT molecular complexity index is 1760. The van der Waals surface area contributed by atoms with E-state index < -0.39 is 28.2 Å². The van der Waals surface area contributed by atoms with Crippen molar-refractivity contribution in [3.8, 4) is 11.4 Å². The number of anilines is 3. The van der Waals surface area contributed by atoms with Crippen molar-refractivity contribution in [3.05, 3.63) is 54.1 Å². The molecular weight excluding hydrogens is 581 g/mol. The topological polar surface area (TPSA) is 132 Å². The van der Waals surface area contributed by atoms with Crippen LogP contribution in [0.15, 0.2) is 42.9 Å². The highest BCUT2D eigenvalue weighted by Gasteiger charge is 2.40. The van der Waals surface area contributed by atoms with Crippen LogP contribution in [0.2, 0.25) is 0 Å². The average molecular weight is 617 g/mol. The molecule has 0 bridgehead atoms. The second kappa shape index (κ2) is 11.4. The predicted molar refractivity (Wildman–Crippen MR) is 161 cm³/mol. The van der Waals surface area contributed by atoms with E-state index in [1.165, 1.54) is 18.6 Å². The van der Waals surface area contributed by atoms with Gasteiger partial charge in [0.05, 0.1) is 23.7 Å². The first-order valence-electron chi connectivity index (χ1n) is 14.0. The van der Waals surface area contributed by atoms with Gasteiger partial charge >= 0.3 is 6.18 Å². The SMILES string of the molecule is CCc1c(-c2nccc(Nc3cc4c(C(C)C)ccc(N5C[C@H](CS(C)(=O)=O)[C@H]5N)c4cn3)n2)cnn1C(C)C(F)(F)F. The molecular formula is C29H35F3N8O2S. The molecule has 1 aliphatic heterocycles. The molecule has 14 heteroatoms. The zero-order chi connectivity index (χ0) is 31.3. The van der Waals surface area contributed by atoms with Crippen LogP contribution < -0.4 is 16.0 Å². The number of rotatable bonds is 9. The maximum absolute atomic E-state index is 13.4. The molecule has 0 saturated carbocycles. The summed E-state index contributed by atoms with van der Waals surface area (Å²) in [6.45, 7) is 7.57. The smallest absolute Gasteiger partial charge is 0.355 e. The number of hydrogen-bond acceptors (Lipinski definition) is 9. The zero-order valence-corrected chi connectivity index (χ0v) is 25.4. The van der Waals surface area contributed by atoms with Gasteiger partial charge in [0.25, 0.3) is 0 Å². The van der Waals surface area contributed by atoms with Gasteiger partial charge in [-0.15, -0.1) is 0 Å². The summed E-state index contributed by atoms with van der Waals surface area (Å²) in [7, 11) is -3.14. The molecule has 0 aliphatic carbocycles. The molecule has 3 N–H and O–H groups in total. The van der Waals surface area contributed by atoms with Crippen LogP contribution in [-0.4, -0.2) is 64.0 Å². The van der Waals surface area contributed by atoms with Gasteiger partial charge in [-0.1, -0.05) is 26.8 Å². The maximum atomic E-state index is 13.4. The molecule has 43 heavy (non-hydrogen) atoms. The number of pyridine rings is 1. The summed E-state index contributed by atoms with van der Waals surface area (Å²) >= 11 is 0. The lowest BCUT2D eigenvalue weighted by Gasteiger charge is -2.47. The minimum atomic E-state index is -4.44. The van der Waals surface area contributed by atoms with Gasteiger partial charge in [0.1, 0.15) is 27.5 Å². The summed E-state index contributed by atoms with van der Waals surface area (Å²) < 4.78 is 64.8. The number of hydrogen-bond donors (Lipinski definition) is 2. The van der Waals surface area contributed by atoms with Crippen molar-refractivity contribution in [1.29, 1.82) is 0 Å². The first kappa shape index (κ1) is 30.7. The second-order valence-corrected chi connectivity index (χ2v) is 13.5. The Hall–Kier alpha value is -3.78. The summed E-state index contributed by atoms with van der Waals surface area (Å²) in [5.74, 6) is 1.31. The molecule has 5 rings (SSSR count). The van der Waals surface area contributed by atoms with Gasteiger partial charge in [0.15, 0.2) is 5.82 Å². The first-order chi connectivity index (χ1) is 20.2. The third-order valence-corrected chi connectivity index (χ3v) is 8.89. The van der Waals surface area contributed by atoms with E-state index in [-0.39, 0.29) is 23.4 Å². The number of halogens is 3. The highest BCUT2D eigenvalue weighted by atomic mass is 32.2. The molecule has 1 unspecified atom stereocenters. The third kappa shape index (κ3) is 6.16. The standard InChI is InChI=1S/C29H35F3N8O2S/c1-6-23-22(13-36-40(23)17(4)29(30,31)32)28-34-10-9-25(38-28)37-26-11-20-19(16(2)3)7-8-24(21(20)12-35-26)39-14-18(27(39)33)15-43(5,41)42/h7-13,16-18,27H,6,14-15,33H2,1-5H3,(H,34,35,37,38)/t17?,18-,27+/m1/s1. The quantitative estimate of drug-likeness (QED) is 0.260. The number of alkyl halides is 3. The molecule has 1 aromatic carbocycles. The lowest BCUT2D eigenvalue weighted by molar-refractivity contribution is -0.165. The second-order valence-electron chi connectivity index (χ2n) is 11.4. The Morgan fingerprint density at radius 1 is 1.09 bits per heavy atom. The van der Waals surface area contributed by atoms with Crippen LogP contribution in [0.3, 0.4) is 0 Å². The van der Waals surface area contributed by atoms with Crippen LogP contribution in [0, 0.1) is 5.92 Å². The minimum Gasteiger partial charge on any atom is -0.355 e. The van der Waals surface area contributed by atoms with Gasteiger partial charge in [-0.25, -0.2) is 23.4 Å². The fourth-order valence-electron chi connectivity index (χ4n) is 5.56. The van der Waals surface area contributed by atoms with Gasteiger partial charge in [-0.3, -0.25) is 4.68 Å². The van der Waals surface area contributed by atoms with E-state index >= 15 is 0 Å². The van der Waals surface area contributed by atoms with Crippen LogP contribution in [-0.2, 0) is 16.3 Å². The van der Waals surface area contributed by atoms with Gasteiger partial charge in [0, 0.05) is 47.9 Å². The van der Waals surface area contributed by atoms with Crippen molar-refractivity contribution in [3.63, 3.8) is 0 Å². The average Bonchev–Trinajstić information content (AvgIpc) is 3.37. The monoisotopic (exact) mass is 616 g/mol. The van der Waals surface area contributed by atoms with Crippen molar-refractivity contribution in [2.24, 2.45) is 11.7 Å². The first-order valence-corrected chi connectivity index (χ1v) is 16.1. The predicted octanol–water partition coefficient (Wildman–Crippen LogP) is 5.21. The van der Waals surface area contributed by atoms with Crippen LogP contribution in [0.25, 0.3) is 22.2 Å². The summed E-state index contributed by atoms with van der Waals surface area (Å²) in [4.78, 5) is 15.5. The van der Waals surface area contributed by atoms with E-state index in [9.17, 15) is 21.6 Å². The fraction of sp³-hybridized carbons (Fsp3) is 0.448. The molecule has 3 atom stereocenters. The highest BCUT2D eigenvalue weighted by Crippen LogP contribution is 2.39. The van der Waals surface area contributed by atoms with Gasteiger partial charge in [-0.2, -0.15) is 18.3 Å². The molecule has 230 valence electrons. The number of benzene rings is 1. The number of aromatic nitrogens is 5. The molecule has 4 heterocycles. The fourth-order valence-corrected chi connectivity index (χ4v) is 6.64. The van der Waals surface area contributed by atoms with Crippen molar-refractivity contribution in [2.45, 2.75) is 58.4 Å². The van der Waals surface area contributed by atoms with Crippen LogP contribution >= 0.6 is 0 Å². The highest BCUT2D eigenvalue weighted by molar-refractivity contribution is 7.90. The largest absolute Gasteiger partial charge is 0.410 e. The minimum absolute atomic E-state index is 0.0435. The summed E-state index contributed by atoms with van der Waals surface area (Å²) in [5.41, 5.74) is 9.22. The number of nitrogens with zero attached hydrogens (tertiary/aromatic N) is 6. The molecule has 0 radical (unpaired) electrons. The van der Waals surface area contributed by atoms with E-state index in [1.54, 1.807) is 19.2 Å². The van der Waals surface area contributed by atoms with E-state index in [4.69, 9.17) is 5.73 Å². The zero-order valence-electron chi connectivity index (χ0n) is 24.6. The summed E-state index contributed by atoms with van der Waals surface area (Å²) in [6.07, 6.45) is 1.34. The third-order valence-electron chi connectivity index (χ3n) is 7.86. The maximum Gasteiger partial charge on any atom is 0.410 e. The normalized spacial score (nSPS) is 18.2. The number of sulfone groups is 1. The van der Waals surface area contributed by atoms with E-state index in [2.05, 4.69) is 45.3 Å². The lowest BCUT2D eigenvalue weighted by Crippen LogP contribution is -2.63. The molecule has 4 aromatic rings. The van der Waals surface area contributed by atoms with Crippen molar-refractivity contribution >= 4 is 37.9 Å². The molecule has 10 nitrogen and oxygen atoms in total. The van der Waals surface area contributed by atoms with E-state index in [1.807, 2.05) is 17.0 Å². The van der Waals surface area contributed by atoms with Gasteiger partial charge in [0.2, 0.25) is 0 Å². The Morgan fingerprint density at radius 2 is 1.84 bits per heavy atom. The van der Waals surface area contributed by atoms with E-state index in [0.29, 0.717) is 35.9 Å². The van der Waals surface area contributed by atoms with Crippen molar-refractivity contribution in [1.82, 2.24) is 24.7 Å². The van der Waals surface area contributed by atoms with Crippen LogP contribution in [0.5, 0.6) is 0 Å². The molecule has 1 fully saturated rings. The summed E-state index contributed by atoms with van der Waals surface area (Å²) in [5, 5.41) is 9.08. The Labute approximate surface area is 248 Å². The van der Waals surface area contributed by atoms with Crippen LogP contribution in [0.4, 0.5) is 30.5 Å². The Balaban J connectivity index is 1.45. The number of nitrogens with two attached hydrogens (primary N) is 1. The van der Waals surface area contributed by atoms with Crippen molar-refractivity contribution < 1.29 is 21.6 Å². The number of fused-ring (bicyclic) bond motifs is 1. The van der Waals surface area contributed by atoms with E-state index in [0.717, 1.165) is 33.6 Å².